The van der Waals surface area contributed by atoms with Crippen molar-refractivity contribution in [2.24, 2.45) is 5.92 Å². The van der Waals surface area contributed by atoms with Crippen molar-refractivity contribution < 1.29 is 23.1 Å². The summed E-state index contributed by atoms with van der Waals surface area (Å²) >= 11 is 0. The fraction of sp³-hybridized carbons (Fsp3) is 0.667. The average molecular weight is 349 g/mol. The smallest absolute Gasteiger partial charge is 0.418 e. The van der Waals surface area contributed by atoms with Gasteiger partial charge in [0.2, 0.25) is 0 Å². The van der Waals surface area contributed by atoms with Crippen molar-refractivity contribution in [2.75, 3.05) is 20.6 Å². The molecule has 6 nitrogen and oxygen atoms in total. The second-order valence-electron chi connectivity index (χ2n) is 6.32. The SMILES string of the molecule is CC(C)CC(C(=O)O)n1nc(CCN(C)C)c(C(F)(F)F)cc1=O. The van der Waals surface area contributed by atoms with Crippen LogP contribution in [0, 0.1) is 5.92 Å². The Labute approximate surface area is 137 Å². The maximum atomic E-state index is 13.1. The number of nitrogens with zero attached hydrogens (tertiary/aromatic N) is 3. The van der Waals surface area contributed by atoms with Gasteiger partial charge in [-0.3, -0.25) is 4.79 Å². The molecule has 0 aliphatic carbocycles. The van der Waals surface area contributed by atoms with Gasteiger partial charge in [-0.1, -0.05) is 13.8 Å². The van der Waals surface area contributed by atoms with Crippen LogP contribution in [0.25, 0.3) is 0 Å². The average Bonchev–Trinajstić information content (AvgIpc) is 2.41. The Hall–Kier alpha value is -1.90. The van der Waals surface area contributed by atoms with Gasteiger partial charge >= 0.3 is 12.1 Å². The van der Waals surface area contributed by atoms with Crippen molar-refractivity contribution >= 4 is 5.97 Å². The number of carboxylic acid groups (broad SMARTS) is 1. The molecule has 136 valence electrons. The molecule has 0 radical (unpaired) electrons. The van der Waals surface area contributed by atoms with Crippen molar-refractivity contribution in [2.45, 2.75) is 38.9 Å². The minimum absolute atomic E-state index is 0.0455. The first kappa shape index (κ1) is 20.1. The number of halogens is 3. The zero-order valence-corrected chi connectivity index (χ0v) is 14.1. The maximum absolute atomic E-state index is 13.1. The van der Waals surface area contributed by atoms with Gasteiger partial charge in [-0.15, -0.1) is 0 Å². The molecule has 1 rings (SSSR count). The van der Waals surface area contributed by atoms with E-state index in [-0.39, 0.29) is 31.0 Å². The second kappa shape index (κ2) is 7.78. The summed E-state index contributed by atoms with van der Waals surface area (Å²) < 4.78 is 40.1. The second-order valence-corrected chi connectivity index (χ2v) is 6.32. The number of carboxylic acids is 1. The molecule has 9 heteroatoms. The molecule has 0 spiro atoms. The van der Waals surface area contributed by atoms with E-state index in [2.05, 4.69) is 5.10 Å². The lowest BCUT2D eigenvalue weighted by Gasteiger charge is -2.20. The molecule has 1 aromatic heterocycles. The summed E-state index contributed by atoms with van der Waals surface area (Å²) in [7, 11) is 3.39. The summed E-state index contributed by atoms with van der Waals surface area (Å²) in [5.74, 6) is -1.36. The van der Waals surface area contributed by atoms with Gasteiger partial charge in [-0.25, -0.2) is 9.48 Å². The number of aromatic nitrogens is 2. The molecule has 0 saturated heterocycles. The van der Waals surface area contributed by atoms with Gasteiger partial charge in [0.15, 0.2) is 6.04 Å². The molecule has 24 heavy (non-hydrogen) atoms. The minimum Gasteiger partial charge on any atom is -0.480 e. The molecule has 0 fully saturated rings. The van der Waals surface area contributed by atoms with Gasteiger partial charge in [0.25, 0.3) is 5.56 Å². The number of rotatable bonds is 7. The van der Waals surface area contributed by atoms with Crippen LogP contribution in [0.3, 0.4) is 0 Å². The first-order chi connectivity index (χ1) is 10.9. The fourth-order valence-corrected chi connectivity index (χ4v) is 2.24. The largest absolute Gasteiger partial charge is 0.480 e. The highest BCUT2D eigenvalue weighted by Crippen LogP contribution is 2.31. The molecule has 0 aliphatic rings. The van der Waals surface area contributed by atoms with E-state index < -0.39 is 29.3 Å². The third-order valence-electron chi connectivity index (χ3n) is 3.41. The number of likely N-dealkylation sites (N-methyl/N-ethyl adjacent to an activating group) is 1. The van der Waals surface area contributed by atoms with E-state index in [0.29, 0.717) is 10.7 Å². The first-order valence-electron chi connectivity index (χ1n) is 7.51. The van der Waals surface area contributed by atoms with Crippen LogP contribution >= 0.6 is 0 Å². The van der Waals surface area contributed by atoms with Gasteiger partial charge in [0.1, 0.15) is 0 Å². The Kier molecular flexibility index (Phi) is 6.53. The number of hydrogen-bond donors (Lipinski definition) is 1. The minimum atomic E-state index is -4.72. The summed E-state index contributed by atoms with van der Waals surface area (Å²) in [5.41, 5.74) is -2.51. The van der Waals surface area contributed by atoms with E-state index in [0.717, 1.165) is 0 Å². The van der Waals surface area contributed by atoms with Crippen LogP contribution < -0.4 is 5.56 Å². The Morgan fingerprint density at radius 1 is 1.38 bits per heavy atom. The normalized spacial score (nSPS) is 13.5. The van der Waals surface area contributed by atoms with Crippen LogP contribution in [0.15, 0.2) is 10.9 Å². The molecule has 1 aromatic rings. The predicted molar refractivity (Wildman–Crippen MR) is 81.9 cm³/mol. The van der Waals surface area contributed by atoms with Crippen molar-refractivity contribution in [3.8, 4) is 0 Å². The molecular formula is C15H22F3N3O3. The van der Waals surface area contributed by atoms with E-state index in [1.165, 1.54) is 0 Å². The first-order valence-corrected chi connectivity index (χ1v) is 7.51. The molecule has 1 heterocycles. The van der Waals surface area contributed by atoms with E-state index in [1.54, 1.807) is 32.8 Å². The van der Waals surface area contributed by atoms with Crippen LogP contribution in [-0.2, 0) is 17.4 Å². The monoisotopic (exact) mass is 349 g/mol. The quantitative estimate of drug-likeness (QED) is 0.815. The van der Waals surface area contributed by atoms with Crippen molar-refractivity contribution in [3.63, 3.8) is 0 Å². The topological polar surface area (TPSA) is 75.4 Å². The highest BCUT2D eigenvalue weighted by atomic mass is 19.4. The molecule has 0 aliphatic heterocycles. The molecule has 1 unspecified atom stereocenters. The molecule has 1 atom stereocenters. The number of aliphatic carboxylic acids is 1. The van der Waals surface area contributed by atoms with Crippen LogP contribution in [-0.4, -0.2) is 46.4 Å². The summed E-state index contributed by atoms with van der Waals surface area (Å²) in [5, 5.41) is 13.1. The molecule has 0 aromatic carbocycles. The molecular weight excluding hydrogens is 327 g/mol. The van der Waals surface area contributed by atoms with Crippen molar-refractivity contribution in [1.29, 1.82) is 0 Å². The fourth-order valence-electron chi connectivity index (χ4n) is 2.24. The van der Waals surface area contributed by atoms with E-state index in [9.17, 15) is 27.9 Å². The van der Waals surface area contributed by atoms with Crippen LogP contribution in [0.5, 0.6) is 0 Å². The van der Waals surface area contributed by atoms with Gasteiger partial charge in [0.05, 0.1) is 11.3 Å². The van der Waals surface area contributed by atoms with E-state index in [4.69, 9.17) is 0 Å². The zero-order chi connectivity index (χ0) is 18.7. The number of carbonyl (C=O) groups is 1. The summed E-state index contributed by atoms with van der Waals surface area (Å²) in [4.78, 5) is 25.1. The molecule has 0 saturated carbocycles. The van der Waals surface area contributed by atoms with Gasteiger partial charge in [-0.05, 0) is 26.4 Å². The van der Waals surface area contributed by atoms with Crippen molar-refractivity contribution in [1.82, 2.24) is 14.7 Å². The zero-order valence-electron chi connectivity index (χ0n) is 14.1. The summed E-state index contributed by atoms with van der Waals surface area (Å²) in [6, 6.07) is -0.855. The lowest BCUT2D eigenvalue weighted by molar-refractivity contribution is -0.142. The Morgan fingerprint density at radius 2 is 1.96 bits per heavy atom. The molecule has 0 amide bonds. The van der Waals surface area contributed by atoms with Gasteiger partial charge in [0, 0.05) is 19.0 Å². The van der Waals surface area contributed by atoms with Crippen molar-refractivity contribution in [3.05, 3.63) is 27.7 Å². The predicted octanol–water partition coefficient (Wildman–Crippen LogP) is 2.04. The van der Waals surface area contributed by atoms with Gasteiger partial charge in [-0.2, -0.15) is 18.3 Å². The highest BCUT2D eigenvalue weighted by Gasteiger charge is 2.36. The summed E-state index contributed by atoms with van der Waals surface area (Å²) in [6.45, 7) is 3.81. The third-order valence-corrected chi connectivity index (χ3v) is 3.41. The Morgan fingerprint density at radius 3 is 2.38 bits per heavy atom. The maximum Gasteiger partial charge on any atom is 0.418 e. The lowest BCUT2D eigenvalue weighted by Crippen LogP contribution is -2.35. The van der Waals surface area contributed by atoms with Crippen LogP contribution in [0.4, 0.5) is 13.2 Å². The molecule has 0 bridgehead atoms. The lowest BCUT2D eigenvalue weighted by atomic mass is 10.0. The van der Waals surface area contributed by atoms with Gasteiger partial charge < -0.3 is 10.0 Å². The summed E-state index contributed by atoms with van der Waals surface area (Å²) in [6.07, 6.45) is -4.67. The third kappa shape index (κ3) is 5.33. The van der Waals surface area contributed by atoms with Crippen LogP contribution in [0.2, 0.25) is 0 Å². The van der Waals surface area contributed by atoms with E-state index >= 15 is 0 Å². The Bertz CT molecular complexity index is 639. The van der Waals surface area contributed by atoms with E-state index in [1.807, 2.05) is 0 Å². The standard InChI is InChI=1S/C15H22F3N3O3/c1-9(2)7-12(14(23)24)21-13(22)8-10(15(16,17)18)11(19-21)5-6-20(3)4/h8-9,12H,5-7H2,1-4H3,(H,23,24). The Balaban J connectivity index is 3.44. The number of hydrogen-bond acceptors (Lipinski definition) is 4. The molecule has 1 N–H and O–H groups in total. The number of alkyl halides is 3. The highest BCUT2D eigenvalue weighted by molar-refractivity contribution is 5.71. The van der Waals surface area contributed by atoms with Crippen LogP contribution in [0.1, 0.15) is 37.6 Å².